The lowest BCUT2D eigenvalue weighted by atomic mass is 9.84. The molecule has 0 amide bonds. The van der Waals surface area contributed by atoms with E-state index in [1.54, 1.807) is 0 Å². The van der Waals surface area contributed by atoms with Crippen LogP contribution in [-0.2, 0) is 0 Å². The fourth-order valence-corrected chi connectivity index (χ4v) is 2.94. The van der Waals surface area contributed by atoms with Crippen molar-refractivity contribution in [2.75, 3.05) is 0 Å². The summed E-state index contributed by atoms with van der Waals surface area (Å²) in [6, 6.07) is 4.15. The van der Waals surface area contributed by atoms with Gasteiger partial charge in [0.05, 0.1) is 4.92 Å². The molecule has 0 spiro atoms. The van der Waals surface area contributed by atoms with Crippen LogP contribution in [0.15, 0.2) is 18.2 Å². The molecule has 0 aromatic heterocycles. The fourth-order valence-electron chi connectivity index (χ4n) is 2.94. The van der Waals surface area contributed by atoms with Gasteiger partial charge in [0.1, 0.15) is 11.9 Å². The van der Waals surface area contributed by atoms with Gasteiger partial charge in [-0.05, 0) is 37.7 Å². The lowest BCUT2D eigenvalue weighted by molar-refractivity contribution is -0.385. The Labute approximate surface area is 122 Å². The van der Waals surface area contributed by atoms with Crippen LogP contribution in [0.25, 0.3) is 0 Å². The molecule has 1 aromatic carbocycles. The monoisotopic (exact) mass is 293 g/mol. The maximum Gasteiger partial charge on any atom is 0.346 e. The Kier molecular flexibility index (Phi) is 4.77. The predicted octanol–water partition coefficient (Wildman–Crippen LogP) is 3.64. The zero-order chi connectivity index (χ0) is 15.4. The highest BCUT2D eigenvalue weighted by atomic mass is 16.6. The summed E-state index contributed by atoms with van der Waals surface area (Å²) in [6.45, 7) is 2.08. The average Bonchev–Trinajstić information content (AvgIpc) is 2.47. The first-order chi connectivity index (χ1) is 10.0. The molecule has 1 N–H and O–H groups in total. The normalized spacial score (nSPS) is 21.8. The van der Waals surface area contributed by atoms with Crippen LogP contribution in [-0.4, -0.2) is 22.1 Å². The van der Waals surface area contributed by atoms with E-state index in [0.717, 1.165) is 32.1 Å². The van der Waals surface area contributed by atoms with Gasteiger partial charge in [-0.25, -0.2) is 4.79 Å². The van der Waals surface area contributed by atoms with E-state index >= 15 is 0 Å². The molecule has 1 fully saturated rings. The summed E-state index contributed by atoms with van der Waals surface area (Å²) in [7, 11) is 0. The number of nitro benzene ring substituents is 1. The molecule has 0 heterocycles. The molecule has 1 saturated carbocycles. The summed E-state index contributed by atoms with van der Waals surface area (Å²) < 4.78 is 5.86. The van der Waals surface area contributed by atoms with Crippen molar-refractivity contribution in [1.29, 1.82) is 0 Å². The highest BCUT2D eigenvalue weighted by molar-refractivity contribution is 5.95. The van der Waals surface area contributed by atoms with Crippen molar-refractivity contribution >= 4 is 11.7 Å². The highest BCUT2D eigenvalue weighted by Gasteiger charge is 2.30. The minimum atomic E-state index is -1.33. The molecule has 1 aliphatic rings. The molecular weight excluding hydrogens is 274 g/mol. The molecule has 114 valence electrons. The van der Waals surface area contributed by atoms with Gasteiger partial charge in [-0.15, -0.1) is 0 Å². The third kappa shape index (κ3) is 3.32. The quantitative estimate of drug-likeness (QED) is 0.661. The minimum Gasteiger partial charge on any atom is -0.489 e. The van der Waals surface area contributed by atoms with Crippen LogP contribution in [0.1, 0.15) is 49.4 Å². The summed E-state index contributed by atoms with van der Waals surface area (Å²) >= 11 is 0. The van der Waals surface area contributed by atoms with Crippen molar-refractivity contribution in [2.45, 2.75) is 45.1 Å². The molecule has 1 aromatic rings. The van der Waals surface area contributed by atoms with Crippen molar-refractivity contribution in [1.82, 2.24) is 0 Å². The second-order valence-electron chi connectivity index (χ2n) is 5.32. The number of benzene rings is 1. The average molecular weight is 293 g/mol. The number of carboxylic acids is 1. The van der Waals surface area contributed by atoms with Crippen LogP contribution in [0.3, 0.4) is 0 Å². The summed E-state index contributed by atoms with van der Waals surface area (Å²) in [5.74, 6) is -0.858. The first-order valence-corrected chi connectivity index (χ1v) is 7.22. The lowest BCUT2D eigenvalue weighted by Crippen LogP contribution is -2.30. The van der Waals surface area contributed by atoms with E-state index in [2.05, 4.69) is 6.92 Å². The second kappa shape index (κ2) is 6.56. The molecule has 0 radical (unpaired) electrons. The van der Waals surface area contributed by atoms with Crippen LogP contribution in [0.4, 0.5) is 5.69 Å². The van der Waals surface area contributed by atoms with E-state index < -0.39 is 16.6 Å². The van der Waals surface area contributed by atoms with Gasteiger partial charge in [0.2, 0.25) is 0 Å². The molecule has 0 bridgehead atoms. The van der Waals surface area contributed by atoms with Crippen molar-refractivity contribution in [3.63, 3.8) is 0 Å². The van der Waals surface area contributed by atoms with E-state index in [4.69, 9.17) is 4.74 Å². The SMILES string of the molecule is CCC1CCCCC1Oc1cccc([N+](=O)[O-])c1C(=O)O. The standard InChI is InChI=1S/C15H19NO5/c1-2-10-6-3-4-8-12(10)21-13-9-5-7-11(16(19)20)14(13)15(17)18/h5,7,9-10,12H,2-4,6,8H2,1H3,(H,17,18). The number of carbonyl (C=O) groups is 1. The number of nitrogens with zero attached hydrogens (tertiary/aromatic N) is 1. The van der Waals surface area contributed by atoms with E-state index in [1.165, 1.54) is 18.2 Å². The first kappa shape index (κ1) is 15.3. The van der Waals surface area contributed by atoms with Crippen LogP contribution >= 0.6 is 0 Å². The van der Waals surface area contributed by atoms with Crippen molar-refractivity contribution < 1.29 is 19.6 Å². The Hall–Kier alpha value is -2.11. The first-order valence-electron chi connectivity index (χ1n) is 7.22. The van der Waals surface area contributed by atoms with Crippen molar-refractivity contribution in [3.05, 3.63) is 33.9 Å². The number of carboxylic acid groups (broad SMARTS) is 1. The number of nitro groups is 1. The van der Waals surface area contributed by atoms with Gasteiger partial charge in [-0.3, -0.25) is 10.1 Å². The number of rotatable bonds is 5. The Morgan fingerprint density at radius 1 is 1.43 bits per heavy atom. The highest BCUT2D eigenvalue weighted by Crippen LogP contribution is 2.34. The molecule has 6 nitrogen and oxygen atoms in total. The zero-order valence-electron chi connectivity index (χ0n) is 11.9. The molecule has 0 aliphatic heterocycles. The van der Waals surface area contributed by atoms with Crippen LogP contribution in [0, 0.1) is 16.0 Å². The molecule has 2 unspecified atom stereocenters. The third-order valence-electron chi connectivity index (χ3n) is 4.06. The summed E-state index contributed by atoms with van der Waals surface area (Å²) in [6.07, 6.45) is 5.00. The number of hydrogen-bond acceptors (Lipinski definition) is 4. The Morgan fingerprint density at radius 2 is 2.14 bits per heavy atom. The van der Waals surface area contributed by atoms with Gasteiger partial charge >= 0.3 is 5.97 Å². The van der Waals surface area contributed by atoms with E-state index in [-0.39, 0.29) is 17.4 Å². The molecule has 0 saturated heterocycles. The Balaban J connectivity index is 2.32. The van der Waals surface area contributed by atoms with Crippen molar-refractivity contribution in [3.8, 4) is 5.75 Å². The lowest BCUT2D eigenvalue weighted by Gasteiger charge is -2.31. The van der Waals surface area contributed by atoms with Gasteiger partial charge < -0.3 is 9.84 Å². The number of hydrogen-bond donors (Lipinski definition) is 1. The van der Waals surface area contributed by atoms with Crippen LogP contribution in [0.5, 0.6) is 5.75 Å². The Morgan fingerprint density at radius 3 is 2.76 bits per heavy atom. The summed E-state index contributed by atoms with van der Waals surface area (Å²) in [5.41, 5.74) is -0.785. The van der Waals surface area contributed by atoms with Gasteiger partial charge in [0.25, 0.3) is 5.69 Å². The van der Waals surface area contributed by atoms with Gasteiger partial charge in [-0.2, -0.15) is 0 Å². The molecular formula is C15H19NO5. The second-order valence-corrected chi connectivity index (χ2v) is 5.32. The summed E-state index contributed by atoms with van der Waals surface area (Å²) in [5, 5.41) is 20.2. The van der Waals surface area contributed by atoms with Gasteiger partial charge in [0.15, 0.2) is 5.56 Å². The van der Waals surface area contributed by atoms with Crippen LogP contribution in [0.2, 0.25) is 0 Å². The molecule has 2 atom stereocenters. The van der Waals surface area contributed by atoms with Crippen LogP contribution < -0.4 is 4.74 Å². The molecule has 2 rings (SSSR count). The Bertz CT molecular complexity index is 543. The maximum absolute atomic E-state index is 11.4. The fraction of sp³-hybridized carbons (Fsp3) is 0.533. The van der Waals surface area contributed by atoms with E-state index in [0.29, 0.717) is 5.92 Å². The van der Waals surface area contributed by atoms with E-state index in [9.17, 15) is 20.0 Å². The summed E-state index contributed by atoms with van der Waals surface area (Å²) in [4.78, 5) is 21.6. The third-order valence-corrected chi connectivity index (χ3v) is 4.06. The predicted molar refractivity (Wildman–Crippen MR) is 76.7 cm³/mol. The molecule has 1 aliphatic carbocycles. The minimum absolute atomic E-state index is 0.0659. The molecule has 21 heavy (non-hydrogen) atoms. The van der Waals surface area contributed by atoms with E-state index in [1.807, 2.05) is 0 Å². The zero-order valence-corrected chi connectivity index (χ0v) is 11.9. The van der Waals surface area contributed by atoms with Crippen molar-refractivity contribution in [2.24, 2.45) is 5.92 Å². The smallest absolute Gasteiger partial charge is 0.346 e. The number of aromatic carboxylic acids is 1. The molecule has 6 heteroatoms. The topological polar surface area (TPSA) is 89.7 Å². The maximum atomic E-state index is 11.4. The largest absolute Gasteiger partial charge is 0.489 e. The van der Waals surface area contributed by atoms with Gasteiger partial charge in [0, 0.05) is 6.07 Å². The van der Waals surface area contributed by atoms with Gasteiger partial charge in [-0.1, -0.05) is 19.4 Å². The number of ether oxygens (including phenoxy) is 1.